The number of ether oxygens (including phenoxy) is 4. The van der Waals surface area contributed by atoms with E-state index in [4.69, 9.17) is 14.2 Å². The van der Waals surface area contributed by atoms with Crippen LogP contribution in [0.3, 0.4) is 0 Å². The van der Waals surface area contributed by atoms with Crippen molar-refractivity contribution in [3.05, 3.63) is 63.2 Å². The van der Waals surface area contributed by atoms with Gasteiger partial charge >= 0.3 is 5.97 Å². The lowest BCUT2D eigenvalue weighted by atomic mass is 10.1. The van der Waals surface area contributed by atoms with Crippen molar-refractivity contribution in [2.75, 3.05) is 34.5 Å². The van der Waals surface area contributed by atoms with Gasteiger partial charge in [-0.2, -0.15) is 0 Å². The van der Waals surface area contributed by atoms with E-state index >= 15 is 0 Å². The molecule has 0 aliphatic heterocycles. The smallest absolute Gasteiger partial charge is 0.338 e. The molecule has 31 heavy (non-hydrogen) atoms. The van der Waals surface area contributed by atoms with Crippen LogP contribution in [0.2, 0.25) is 0 Å². The highest BCUT2D eigenvalue weighted by Gasteiger charge is 2.20. The molecule has 1 atom stereocenters. The molecule has 1 unspecified atom stereocenters. The molecule has 166 valence electrons. The average Bonchev–Trinajstić information content (AvgIpc) is 2.78. The van der Waals surface area contributed by atoms with Gasteiger partial charge in [-0.3, -0.25) is 14.9 Å². The number of methoxy groups -OCH3 is 3. The molecule has 0 saturated heterocycles. The summed E-state index contributed by atoms with van der Waals surface area (Å²) in [6.07, 6.45) is 0. The number of hydrogen-bond donors (Lipinski definition) is 1. The zero-order chi connectivity index (χ0) is 23.0. The molecule has 2 aromatic rings. The number of nitrogens with one attached hydrogen (secondary N) is 1. The van der Waals surface area contributed by atoms with Gasteiger partial charge in [-0.25, -0.2) is 4.79 Å². The number of nitrogens with zero attached hydrogens (tertiary/aromatic N) is 1. The van der Waals surface area contributed by atoms with Crippen LogP contribution in [0.4, 0.5) is 5.69 Å². The molecule has 0 radical (unpaired) electrons. The Morgan fingerprint density at radius 3 is 2.35 bits per heavy atom. The van der Waals surface area contributed by atoms with E-state index in [2.05, 4.69) is 10.1 Å². The Morgan fingerprint density at radius 2 is 1.74 bits per heavy atom. The fourth-order valence-electron chi connectivity index (χ4n) is 2.75. The Labute approximate surface area is 179 Å². The molecule has 0 aliphatic carbocycles. The van der Waals surface area contributed by atoms with E-state index in [1.807, 2.05) is 0 Å². The fraction of sp³-hybridized carbons (Fsp3) is 0.333. The van der Waals surface area contributed by atoms with Crippen LogP contribution < -0.4 is 14.8 Å². The highest BCUT2D eigenvalue weighted by molar-refractivity contribution is 5.99. The number of nitro groups is 1. The van der Waals surface area contributed by atoms with Crippen LogP contribution in [0.1, 0.15) is 39.2 Å². The molecule has 1 amide bonds. The molecule has 2 rings (SSSR count). The van der Waals surface area contributed by atoms with Crippen molar-refractivity contribution in [1.82, 2.24) is 5.32 Å². The highest BCUT2D eigenvalue weighted by atomic mass is 16.6. The first kappa shape index (κ1) is 23.6. The molecule has 0 bridgehead atoms. The lowest BCUT2D eigenvalue weighted by Gasteiger charge is -2.17. The maximum Gasteiger partial charge on any atom is 0.338 e. The van der Waals surface area contributed by atoms with Crippen LogP contribution in [0.15, 0.2) is 36.4 Å². The van der Waals surface area contributed by atoms with Crippen LogP contribution in [-0.2, 0) is 9.47 Å². The molecule has 0 aromatic heterocycles. The van der Waals surface area contributed by atoms with Crippen LogP contribution in [0.5, 0.6) is 11.5 Å². The minimum Gasteiger partial charge on any atom is -0.493 e. The first-order chi connectivity index (χ1) is 14.8. The van der Waals surface area contributed by atoms with E-state index in [0.29, 0.717) is 24.7 Å². The Bertz CT molecular complexity index is 960. The maximum atomic E-state index is 12.7. The zero-order valence-electron chi connectivity index (χ0n) is 17.7. The van der Waals surface area contributed by atoms with Gasteiger partial charge < -0.3 is 24.3 Å². The molecule has 2 aromatic carbocycles. The van der Waals surface area contributed by atoms with Gasteiger partial charge in [0.25, 0.3) is 11.6 Å². The van der Waals surface area contributed by atoms with Crippen LogP contribution in [-0.4, -0.2) is 51.3 Å². The summed E-state index contributed by atoms with van der Waals surface area (Å²) in [5.74, 6) is -0.346. The quantitative estimate of drug-likeness (QED) is 0.263. The van der Waals surface area contributed by atoms with Gasteiger partial charge in [-0.1, -0.05) is 6.07 Å². The Morgan fingerprint density at radius 1 is 1.03 bits per heavy atom. The summed E-state index contributed by atoms with van der Waals surface area (Å²) in [5.41, 5.74) is 0.213. The highest BCUT2D eigenvalue weighted by Crippen LogP contribution is 2.30. The van der Waals surface area contributed by atoms with Gasteiger partial charge in [0, 0.05) is 24.8 Å². The zero-order valence-corrected chi connectivity index (χ0v) is 17.7. The third-order valence-electron chi connectivity index (χ3n) is 4.39. The number of esters is 1. The summed E-state index contributed by atoms with van der Waals surface area (Å²) < 4.78 is 20.5. The molecule has 10 nitrogen and oxygen atoms in total. The Kier molecular flexibility index (Phi) is 8.33. The summed E-state index contributed by atoms with van der Waals surface area (Å²) >= 11 is 0. The summed E-state index contributed by atoms with van der Waals surface area (Å²) in [5, 5.41) is 13.9. The largest absolute Gasteiger partial charge is 0.493 e. The summed E-state index contributed by atoms with van der Waals surface area (Å²) in [6.45, 7) is 2.53. The summed E-state index contributed by atoms with van der Waals surface area (Å²) in [7, 11) is 4.23. The average molecular weight is 432 g/mol. The van der Waals surface area contributed by atoms with E-state index in [1.165, 1.54) is 13.2 Å². The van der Waals surface area contributed by atoms with Crippen molar-refractivity contribution in [2.24, 2.45) is 0 Å². The van der Waals surface area contributed by atoms with Crippen molar-refractivity contribution >= 4 is 17.6 Å². The van der Waals surface area contributed by atoms with Crippen LogP contribution in [0, 0.1) is 10.1 Å². The van der Waals surface area contributed by atoms with E-state index in [0.717, 1.165) is 24.8 Å². The second kappa shape index (κ2) is 10.9. The first-order valence-electron chi connectivity index (χ1n) is 9.29. The van der Waals surface area contributed by atoms with E-state index in [9.17, 15) is 19.7 Å². The Balaban J connectivity index is 2.22. The molecule has 0 aliphatic rings. The van der Waals surface area contributed by atoms with Crippen molar-refractivity contribution in [3.63, 3.8) is 0 Å². The molecular formula is C21H24N2O8. The first-order valence-corrected chi connectivity index (χ1v) is 9.29. The molecule has 0 saturated carbocycles. The second-order valence-corrected chi connectivity index (χ2v) is 6.46. The van der Waals surface area contributed by atoms with Crippen molar-refractivity contribution in [2.45, 2.75) is 13.0 Å². The van der Waals surface area contributed by atoms with Gasteiger partial charge in [-0.05, 0) is 30.7 Å². The maximum absolute atomic E-state index is 12.7. The normalized spacial score (nSPS) is 11.4. The van der Waals surface area contributed by atoms with Gasteiger partial charge in [-0.15, -0.1) is 0 Å². The second-order valence-electron chi connectivity index (χ2n) is 6.46. The van der Waals surface area contributed by atoms with E-state index < -0.39 is 22.8 Å². The lowest BCUT2D eigenvalue weighted by molar-refractivity contribution is -0.384. The van der Waals surface area contributed by atoms with Gasteiger partial charge in [0.1, 0.15) is 6.61 Å². The lowest BCUT2D eigenvalue weighted by Crippen LogP contribution is -2.27. The summed E-state index contributed by atoms with van der Waals surface area (Å²) in [4.78, 5) is 35.0. The molecular weight excluding hydrogens is 408 g/mol. The van der Waals surface area contributed by atoms with Gasteiger partial charge in [0.05, 0.1) is 37.4 Å². The molecule has 10 heteroatoms. The van der Waals surface area contributed by atoms with Gasteiger partial charge in [0.15, 0.2) is 11.5 Å². The number of carbonyl (C=O) groups is 2. The topological polar surface area (TPSA) is 126 Å². The predicted octanol–water partition coefficient (Wildman–Crippen LogP) is 2.91. The SMILES string of the molecule is COCCOc1ccc(C(C)NC(=O)c2cc(C(=O)OC)cc([N+](=O)[O-])c2)cc1OC. The standard InChI is InChI=1S/C21H24N2O8/c1-13(14-5-6-18(19(12-14)29-3)31-8-7-28-2)22-20(24)15-9-16(21(25)30-4)11-17(10-15)23(26)27/h5-6,9-13H,7-8H2,1-4H3,(H,22,24). The number of carbonyl (C=O) groups excluding carboxylic acids is 2. The van der Waals surface area contributed by atoms with E-state index in [-0.39, 0.29) is 16.8 Å². The molecule has 0 spiro atoms. The van der Waals surface area contributed by atoms with Gasteiger partial charge in [0.2, 0.25) is 0 Å². The van der Waals surface area contributed by atoms with E-state index in [1.54, 1.807) is 32.2 Å². The minimum atomic E-state index is -0.778. The molecule has 0 heterocycles. The third-order valence-corrected chi connectivity index (χ3v) is 4.39. The van der Waals surface area contributed by atoms with Crippen LogP contribution in [0.25, 0.3) is 0 Å². The molecule has 0 fully saturated rings. The molecule has 1 N–H and O–H groups in total. The predicted molar refractivity (Wildman–Crippen MR) is 111 cm³/mol. The fourth-order valence-corrected chi connectivity index (χ4v) is 2.75. The number of non-ortho nitro benzene ring substituents is 1. The monoisotopic (exact) mass is 432 g/mol. The summed E-state index contributed by atoms with van der Waals surface area (Å²) in [6, 6.07) is 8.14. The minimum absolute atomic E-state index is 0.0343. The van der Waals surface area contributed by atoms with Crippen molar-refractivity contribution < 1.29 is 33.5 Å². The van der Waals surface area contributed by atoms with Crippen molar-refractivity contribution in [1.29, 1.82) is 0 Å². The third kappa shape index (κ3) is 6.16. The number of nitro benzene ring substituents is 1. The number of benzene rings is 2. The number of rotatable bonds is 10. The van der Waals surface area contributed by atoms with Crippen molar-refractivity contribution in [3.8, 4) is 11.5 Å². The van der Waals surface area contributed by atoms with Crippen LogP contribution >= 0.6 is 0 Å². The number of hydrogen-bond acceptors (Lipinski definition) is 8. The number of amides is 1. The Hall–Kier alpha value is -3.66.